The normalized spacial score (nSPS) is 12.5. The van der Waals surface area contributed by atoms with Crippen LogP contribution in [-0.4, -0.2) is 37.2 Å². The van der Waals surface area contributed by atoms with Crippen LogP contribution in [-0.2, 0) is 28.6 Å². The van der Waals surface area contributed by atoms with Gasteiger partial charge in [0.15, 0.2) is 6.10 Å². The standard InChI is InChI=1S/C53H92O6/c1-4-7-10-13-16-19-22-24-25-26-27-29-31-34-37-40-43-46-52(55)58-49-50(48-57-51(54)45-42-39-36-33-30-21-18-15-12-9-6-3)59-53(56)47-44-41-38-35-32-28-23-20-17-14-11-8-5-2/h8,11,15,17-18,20,28,32,38,41,50H,4-7,9-10,12-14,16,19,21-27,29-31,33-37,39-40,42-49H2,1-3H3/b11-8-,18-15-,20-17-,32-28-,41-38-. The summed E-state index contributed by atoms with van der Waals surface area (Å²) in [5.74, 6) is -0.993. The zero-order chi connectivity index (χ0) is 43.0. The number of allylic oxidation sites excluding steroid dienone is 10. The smallest absolute Gasteiger partial charge is 0.306 e. The molecule has 0 aromatic heterocycles. The number of rotatable bonds is 44. The highest BCUT2D eigenvalue weighted by Gasteiger charge is 2.19. The van der Waals surface area contributed by atoms with Gasteiger partial charge in [0.1, 0.15) is 13.2 Å². The first-order valence-corrected chi connectivity index (χ1v) is 24.8. The SMILES string of the molecule is CC/C=C\C/C=C\C/C=C\C/C=C\CCC(=O)OC(COC(=O)CCCCCCC/C=C\CCCC)COC(=O)CCCCCCCCCCCCCCCCCCC. The fraction of sp³-hybridized carbons (Fsp3) is 0.755. The molecule has 6 nitrogen and oxygen atoms in total. The second-order valence-corrected chi connectivity index (χ2v) is 16.3. The van der Waals surface area contributed by atoms with Crippen molar-refractivity contribution in [3.05, 3.63) is 60.8 Å². The molecule has 0 amide bonds. The summed E-state index contributed by atoms with van der Waals surface area (Å²) in [5.41, 5.74) is 0. The van der Waals surface area contributed by atoms with Crippen molar-refractivity contribution in [3.8, 4) is 0 Å². The average Bonchev–Trinajstić information content (AvgIpc) is 3.23. The van der Waals surface area contributed by atoms with Crippen molar-refractivity contribution in [3.63, 3.8) is 0 Å². The fourth-order valence-corrected chi connectivity index (χ4v) is 6.79. The van der Waals surface area contributed by atoms with Crippen LogP contribution in [0.4, 0.5) is 0 Å². The molecule has 0 aromatic carbocycles. The molecule has 1 atom stereocenters. The van der Waals surface area contributed by atoms with E-state index in [1.165, 1.54) is 116 Å². The summed E-state index contributed by atoms with van der Waals surface area (Å²) in [5, 5.41) is 0. The average molecular weight is 825 g/mol. The minimum absolute atomic E-state index is 0.103. The van der Waals surface area contributed by atoms with Gasteiger partial charge in [-0.05, 0) is 64.2 Å². The van der Waals surface area contributed by atoms with E-state index in [0.717, 1.165) is 77.0 Å². The zero-order valence-electron chi connectivity index (χ0n) is 38.8. The van der Waals surface area contributed by atoms with E-state index in [0.29, 0.717) is 19.3 Å². The molecule has 0 saturated heterocycles. The maximum absolute atomic E-state index is 12.7. The number of unbranched alkanes of at least 4 members (excludes halogenated alkanes) is 23. The van der Waals surface area contributed by atoms with Gasteiger partial charge in [0.25, 0.3) is 0 Å². The third kappa shape index (κ3) is 46.0. The lowest BCUT2D eigenvalue weighted by Gasteiger charge is -2.18. The molecule has 59 heavy (non-hydrogen) atoms. The summed E-state index contributed by atoms with van der Waals surface area (Å²) in [6.45, 7) is 6.42. The van der Waals surface area contributed by atoms with Crippen molar-refractivity contribution in [1.29, 1.82) is 0 Å². The van der Waals surface area contributed by atoms with Crippen LogP contribution in [0.5, 0.6) is 0 Å². The summed E-state index contributed by atoms with van der Waals surface area (Å²) in [4.78, 5) is 37.8. The van der Waals surface area contributed by atoms with Gasteiger partial charge < -0.3 is 14.2 Å². The second kappa shape index (κ2) is 47.8. The first-order chi connectivity index (χ1) is 29.0. The summed E-state index contributed by atoms with van der Waals surface area (Å²) >= 11 is 0. The molecule has 0 fully saturated rings. The van der Waals surface area contributed by atoms with Gasteiger partial charge >= 0.3 is 17.9 Å². The van der Waals surface area contributed by atoms with Crippen molar-refractivity contribution < 1.29 is 28.6 Å². The van der Waals surface area contributed by atoms with E-state index in [-0.39, 0.29) is 31.6 Å². The molecule has 0 heterocycles. The Kier molecular flexibility index (Phi) is 45.4. The van der Waals surface area contributed by atoms with E-state index in [9.17, 15) is 14.4 Å². The molecule has 0 saturated carbocycles. The maximum atomic E-state index is 12.7. The molecule has 0 N–H and O–H groups in total. The molecule has 0 aliphatic heterocycles. The molecular formula is C53H92O6. The molecule has 0 aliphatic rings. The highest BCUT2D eigenvalue weighted by molar-refractivity contribution is 5.71. The van der Waals surface area contributed by atoms with Crippen LogP contribution in [0.3, 0.4) is 0 Å². The van der Waals surface area contributed by atoms with Crippen LogP contribution in [0.1, 0.15) is 239 Å². The van der Waals surface area contributed by atoms with Gasteiger partial charge in [0.05, 0.1) is 0 Å². The van der Waals surface area contributed by atoms with Crippen LogP contribution in [0.2, 0.25) is 0 Å². The van der Waals surface area contributed by atoms with Crippen molar-refractivity contribution in [1.82, 2.24) is 0 Å². The van der Waals surface area contributed by atoms with Gasteiger partial charge in [-0.25, -0.2) is 0 Å². The van der Waals surface area contributed by atoms with Gasteiger partial charge in [-0.2, -0.15) is 0 Å². The quantitative estimate of drug-likeness (QED) is 0.0263. The third-order valence-corrected chi connectivity index (χ3v) is 10.5. The molecule has 0 radical (unpaired) electrons. The topological polar surface area (TPSA) is 78.9 Å². The van der Waals surface area contributed by atoms with E-state index in [1.807, 2.05) is 12.2 Å². The Morgan fingerprint density at radius 3 is 1.15 bits per heavy atom. The maximum Gasteiger partial charge on any atom is 0.306 e. The minimum Gasteiger partial charge on any atom is -0.462 e. The lowest BCUT2D eigenvalue weighted by atomic mass is 10.0. The highest BCUT2D eigenvalue weighted by Crippen LogP contribution is 2.15. The van der Waals surface area contributed by atoms with Crippen molar-refractivity contribution in [2.75, 3.05) is 13.2 Å². The molecule has 6 heteroatoms. The zero-order valence-corrected chi connectivity index (χ0v) is 38.8. The molecule has 1 unspecified atom stereocenters. The molecule has 0 rings (SSSR count). The Balaban J connectivity index is 4.41. The minimum atomic E-state index is -0.811. The Bertz CT molecular complexity index is 1090. The van der Waals surface area contributed by atoms with Gasteiger partial charge in [-0.3, -0.25) is 14.4 Å². The van der Waals surface area contributed by atoms with Crippen molar-refractivity contribution >= 4 is 17.9 Å². The Morgan fingerprint density at radius 2 is 0.712 bits per heavy atom. The number of carbonyl (C=O) groups is 3. The third-order valence-electron chi connectivity index (χ3n) is 10.5. The van der Waals surface area contributed by atoms with Gasteiger partial charge in [-0.1, -0.05) is 216 Å². The summed E-state index contributed by atoms with van der Waals surface area (Å²) in [6, 6.07) is 0. The van der Waals surface area contributed by atoms with Crippen LogP contribution in [0, 0.1) is 0 Å². The van der Waals surface area contributed by atoms with Crippen molar-refractivity contribution in [2.24, 2.45) is 0 Å². The lowest BCUT2D eigenvalue weighted by Crippen LogP contribution is -2.30. The largest absolute Gasteiger partial charge is 0.462 e. The number of hydrogen-bond donors (Lipinski definition) is 0. The van der Waals surface area contributed by atoms with Crippen LogP contribution < -0.4 is 0 Å². The number of carbonyl (C=O) groups excluding carboxylic acids is 3. The van der Waals surface area contributed by atoms with E-state index in [1.54, 1.807) is 0 Å². The number of hydrogen-bond acceptors (Lipinski definition) is 6. The highest BCUT2D eigenvalue weighted by atomic mass is 16.6. The lowest BCUT2D eigenvalue weighted by molar-refractivity contribution is -0.166. The molecule has 0 spiro atoms. The first kappa shape index (κ1) is 56.1. The van der Waals surface area contributed by atoms with Crippen LogP contribution in [0.15, 0.2) is 60.8 Å². The molecular weight excluding hydrogens is 733 g/mol. The monoisotopic (exact) mass is 825 g/mol. The number of esters is 3. The van der Waals surface area contributed by atoms with Gasteiger partial charge in [-0.15, -0.1) is 0 Å². The molecule has 0 aliphatic carbocycles. The predicted octanol–water partition coefficient (Wildman–Crippen LogP) is 16.1. The van der Waals surface area contributed by atoms with Crippen molar-refractivity contribution in [2.45, 2.75) is 245 Å². The number of ether oxygens (including phenoxy) is 3. The molecule has 0 bridgehead atoms. The summed E-state index contributed by atoms with van der Waals surface area (Å²) < 4.78 is 16.7. The van der Waals surface area contributed by atoms with Gasteiger partial charge in [0.2, 0.25) is 0 Å². The van der Waals surface area contributed by atoms with Crippen LogP contribution in [0.25, 0.3) is 0 Å². The summed E-state index contributed by atoms with van der Waals surface area (Å²) in [7, 11) is 0. The Morgan fingerprint density at radius 1 is 0.356 bits per heavy atom. The van der Waals surface area contributed by atoms with E-state index in [2.05, 4.69) is 69.4 Å². The van der Waals surface area contributed by atoms with E-state index in [4.69, 9.17) is 14.2 Å². The van der Waals surface area contributed by atoms with Gasteiger partial charge in [0, 0.05) is 19.3 Å². The Labute approximate surface area is 364 Å². The van der Waals surface area contributed by atoms with E-state index >= 15 is 0 Å². The summed E-state index contributed by atoms with van der Waals surface area (Å²) in [6.07, 6.45) is 57.9. The first-order valence-electron chi connectivity index (χ1n) is 24.8. The Hall–Kier alpha value is -2.89. The second-order valence-electron chi connectivity index (χ2n) is 16.3. The molecule has 0 aromatic rings. The fourth-order valence-electron chi connectivity index (χ4n) is 6.79. The molecule has 340 valence electrons. The predicted molar refractivity (Wildman–Crippen MR) is 251 cm³/mol. The van der Waals surface area contributed by atoms with E-state index < -0.39 is 12.1 Å². The van der Waals surface area contributed by atoms with Crippen LogP contribution >= 0.6 is 0 Å².